The summed E-state index contributed by atoms with van der Waals surface area (Å²) >= 11 is 5.93. The minimum atomic E-state index is -0.409. The van der Waals surface area contributed by atoms with E-state index in [0.717, 1.165) is 6.42 Å². The van der Waals surface area contributed by atoms with Crippen molar-refractivity contribution in [1.82, 2.24) is 0 Å². The van der Waals surface area contributed by atoms with E-state index in [1.165, 1.54) is 37.5 Å². The van der Waals surface area contributed by atoms with Crippen LogP contribution in [0.3, 0.4) is 0 Å². The number of quaternary nitrogens is 1. The third kappa shape index (κ3) is 4.42. The maximum absolute atomic E-state index is 13.0. The van der Waals surface area contributed by atoms with Gasteiger partial charge in [0.25, 0.3) is 5.91 Å². The number of amides is 1. The first-order valence-electron chi connectivity index (χ1n) is 7.58. The van der Waals surface area contributed by atoms with Crippen molar-refractivity contribution in [2.75, 3.05) is 5.32 Å². The van der Waals surface area contributed by atoms with Crippen LogP contribution in [-0.4, -0.2) is 18.0 Å². The van der Waals surface area contributed by atoms with Gasteiger partial charge in [-0.05, 0) is 44.4 Å². The Hall–Kier alpha value is -1.13. The van der Waals surface area contributed by atoms with Crippen molar-refractivity contribution in [2.24, 2.45) is 5.92 Å². The maximum Gasteiger partial charge on any atom is 0.282 e. The lowest BCUT2D eigenvalue weighted by molar-refractivity contribution is -0.714. The lowest BCUT2D eigenvalue weighted by Gasteiger charge is -2.28. The van der Waals surface area contributed by atoms with Crippen molar-refractivity contribution in [2.45, 2.75) is 51.6 Å². The molecule has 1 saturated carbocycles. The first-order valence-corrected chi connectivity index (χ1v) is 7.96. The topological polar surface area (TPSA) is 45.7 Å². The van der Waals surface area contributed by atoms with Crippen molar-refractivity contribution in [3.8, 4) is 0 Å². The predicted molar refractivity (Wildman–Crippen MR) is 82.8 cm³/mol. The zero-order valence-electron chi connectivity index (χ0n) is 12.5. The Bertz CT molecular complexity index is 509. The quantitative estimate of drug-likeness (QED) is 0.882. The van der Waals surface area contributed by atoms with Gasteiger partial charge in [0.05, 0.1) is 16.8 Å². The van der Waals surface area contributed by atoms with Gasteiger partial charge in [-0.2, -0.15) is 0 Å². The number of anilines is 1. The first-order chi connectivity index (χ1) is 9.97. The number of rotatable bonds is 4. The van der Waals surface area contributed by atoms with E-state index in [1.54, 1.807) is 0 Å². The number of carbonyl (C=O) groups is 1. The third-order valence-electron chi connectivity index (χ3n) is 4.32. The molecule has 1 aliphatic carbocycles. The molecule has 0 saturated heterocycles. The summed E-state index contributed by atoms with van der Waals surface area (Å²) in [7, 11) is 0. The molecule has 21 heavy (non-hydrogen) atoms. The molecular formula is C16H23ClFN2O+. The van der Waals surface area contributed by atoms with Gasteiger partial charge in [0.2, 0.25) is 0 Å². The van der Waals surface area contributed by atoms with E-state index in [1.807, 2.05) is 6.92 Å². The normalized spacial score (nSPS) is 23.6. The summed E-state index contributed by atoms with van der Waals surface area (Å²) in [5.74, 6) is 0.137. The fourth-order valence-electron chi connectivity index (χ4n) is 2.93. The van der Waals surface area contributed by atoms with E-state index in [4.69, 9.17) is 11.6 Å². The van der Waals surface area contributed by atoms with Crippen molar-refractivity contribution in [3.05, 3.63) is 29.0 Å². The van der Waals surface area contributed by atoms with Gasteiger partial charge >= 0.3 is 0 Å². The summed E-state index contributed by atoms with van der Waals surface area (Å²) in [5, 5.41) is 5.15. The van der Waals surface area contributed by atoms with Crippen molar-refractivity contribution < 1.29 is 14.5 Å². The van der Waals surface area contributed by atoms with Gasteiger partial charge in [-0.25, -0.2) is 4.39 Å². The molecule has 1 amide bonds. The monoisotopic (exact) mass is 313 g/mol. The first kappa shape index (κ1) is 16.2. The second-order valence-electron chi connectivity index (χ2n) is 6.02. The Morgan fingerprint density at radius 3 is 2.81 bits per heavy atom. The van der Waals surface area contributed by atoms with Crippen molar-refractivity contribution >= 4 is 23.2 Å². The zero-order valence-corrected chi connectivity index (χ0v) is 13.3. The highest BCUT2D eigenvalue weighted by Gasteiger charge is 2.28. The Morgan fingerprint density at radius 2 is 2.14 bits per heavy atom. The number of nitrogens with two attached hydrogens (primary N) is 1. The van der Waals surface area contributed by atoms with Gasteiger partial charge in [-0.3, -0.25) is 4.79 Å². The largest absolute Gasteiger partial charge is 0.334 e. The highest BCUT2D eigenvalue weighted by molar-refractivity contribution is 6.33. The molecule has 0 spiro atoms. The van der Waals surface area contributed by atoms with Crippen LogP contribution in [0.1, 0.15) is 39.5 Å². The van der Waals surface area contributed by atoms with Crippen LogP contribution in [0.2, 0.25) is 5.02 Å². The van der Waals surface area contributed by atoms with Gasteiger partial charge in [0.1, 0.15) is 5.82 Å². The SMILES string of the molecule is C[C@H]([NH2+][C@H]1CCCC[C@H]1C)C(=O)Nc1ccc(F)cc1Cl. The van der Waals surface area contributed by atoms with Gasteiger partial charge in [-0.1, -0.05) is 24.9 Å². The molecular weight excluding hydrogens is 291 g/mol. The molecule has 3 nitrogen and oxygen atoms in total. The number of carbonyl (C=O) groups excluding carboxylic acids is 1. The van der Waals surface area contributed by atoms with Crippen LogP contribution in [0.5, 0.6) is 0 Å². The van der Waals surface area contributed by atoms with Gasteiger partial charge in [0, 0.05) is 5.92 Å². The summed E-state index contributed by atoms with van der Waals surface area (Å²) < 4.78 is 13.0. The van der Waals surface area contributed by atoms with Crippen molar-refractivity contribution in [1.29, 1.82) is 0 Å². The Kier molecular flexibility index (Phi) is 5.59. The van der Waals surface area contributed by atoms with Gasteiger partial charge in [-0.15, -0.1) is 0 Å². The summed E-state index contributed by atoms with van der Waals surface area (Å²) in [6, 6.07) is 4.30. The summed E-state index contributed by atoms with van der Waals surface area (Å²) in [6.07, 6.45) is 4.93. The van der Waals surface area contributed by atoms with Gasteiger partial charge in [0.15, 0.2) is 6.04 Å². The lowest BCUT2D eigenvalue weighted by Crippen LogP contribution is -2.97. The molecule has 2 rings (SSSR count). The minimum Gasteiger partial charge on any atom is -0.334 e. The number of benzene rings is 1. The molecule has 1 aromatic rings. The fraction of sp³-hybridized carbons (Fsp3) is 0.562. The molecule has 1 aromatic carbocycles. The molecule has 0 aromatic heterocycles. The second-order valence-corrected chi connectivity index (χ2v) is 6.43. The second kappa shape index (κ2) is 7.23. The molecule has 0 heterocycles. The number of nitrogens with one attached hydrogen (secondary N) is 1. The van der Waals surface area contributed by atoms with Gasteiger partial charge < -0.3 is 10.6 Å². The highest BCUT2D eigenvalue weighted by Crippen LogP contribution is 2.23. The predicted octanol–water partition coefficient (Wildman–Crippen LogP) is 2.95. The molecule has 3 atom stereocenters. The minimum absolute atomic E-state index is 0.0960. The van der Waals surface area contributed by atoms with Crippen LogP contribution in [-0.2, 0) is 4.79 Å². The Balaban J connectivity index is 1.92. The fourth-order valence-corrected chi connectivity index (χ4v) is 3.14. The number of halogens is 2. The average Bonchev–Trinajstić information content (AvgIpc) is 2.44. The zero-order chi connectivity index (χ0) is 15.4. The molecule has 0 unspecified atom stereocenters. The smallest absolute Gasteiger partial charge is 0.282 e. The summed E-state index contributed by atoms with van der Waals surface area (Å²) in [6.45, 7) is 4.15. The molecule has 0 aliphatic heterocycles. The van der Waals surface area contributed by atoms with Crippen molar-refractivity contribution in [3.63, 3.8) is 0 Å². The van der Waals surface area contributed by atoms with E-state index >= 15 is 0 Å². The molecule has 0 radical (unpaired) electrons. The number of hydrogen-bond donors (Lipinski definition) is 2. The van der Waals surface area contributed by atoms with E-state index in [-0.39, 0.29) is 17.0 Å². The Labute approximate surface area is 130 Å². The standard InChI is InChI=1S/C16H22ClFN2O/c1-10-5-3-4-6-14(10)19-11(2)16(21)20-15-8-7-12(18)9-13(15)17/h7-11,14,19H,3-6H2,1-2H3,(H,20,21)/p+1/t10-,11+,14+/m1/s1. The Morgan fingerprint density at radius 1 is 1.43 bits per heavy atom. The molecule has 3 N–H and O–H groups in total. The summed E-state index contributed by atoms with van der Waals surface area (Å²) in [5.41, 5.74) is 0.458. The van der Waals surface area contributed by atoms with E-state index in [2.05, 4.69) is 17.6 Å². The van der Waals surface area contributed by atoms with Crippen LogP contribution in [0.25, 0.3) is 0 Å². The van der Waals surface area contributed by atoms with Crippen LogP contribution in [0.15, 0.2) is 18.2 Å². The number of hydrogen-bond acceptors (Lipinski definition) is 1. The van der Waals surface area contributed by atoms with E-state index < -0.39 is 5.82 Å². The van der Waals surface area contributed by atoms with Crippen LogP contribution in [0.4, 0.5) is 10.1 Å². The van der Waals surface area contributed by atoms with Crippen LogP contribution in [0, 0.1) is 11.7 Å². The highest BCUT2D eigenvalue weighted by atomic mass is 35.5. The van der Waals surface area contributed by atoms with E-state index in [9.17, 15) is 9.18 Å². The van der Waals surface area contributed by atoms with Crippen LogP contribution < -0.4 is 10.6 Å². The molecule has 1 fully saturated rings. The molecule has 116 valence electrons. The summed E-state index contributed by atoms with van der Waals surface area (Å²) in [4.78, 5) is 12.2. The molecule has 5 heteroatoms. The van der Waals surface area contributed by atoms with Crippen LogP contribution >= 0.6 is 11.6 Å². The maximum atomic E-state index is 13.0. The lowest BCUT2D eigenvalue weighted by atomic mass is 9.85. The molecule has 0 bridgehead atoms. The third-order valence-corrected chi connectivity index (χ3v) is 4.63. The van der Waals surface area contributed by atoms with E-state index in [0.29, 0.717) is 17.6 Å². The molecule has 1 aliphatic rings. The average molecular weight is 314 g/mol.